The monoisotopic (exact) mass is 378 g/mol. The first-order valence-electron chi connectivity index (χ1n) is 9.10. The molecular formula is C21H31ClN2O2. The molecule has 0 aromatic heterocycles. The van der Waals surface area contributed by atoms with Crippen LogP contribution >= 0.6 is 11.6 Å². The standard InChI is InChI=1S/C21H31ClN2O2/c1-7-10-16-12-11-15(8-2)19(22)24-20(16)23-17(21(4,5)6)13-14-18(25)26-9-3/h7,12-14,17H,1,8-11H2,2-6H3,(H,23,24). The summed E-state index contributed by atoms with van der Waals surface area (Å²) in [6.45, 7) is 14.3. The van der Waals surface area contributed by atoms with Crippen LogP contribution in [0.4, 0.5) is 0 Å². The summed E-state index contributed by atoms with van der Waals surface area (Å²) in [5.41, 5.74) is 2.03. The maximum absolute atomic E-state index is 11.7. The topological polar surface area (TPSA) is 50.7 Å². The molecule has 0 amide bonds. The smallest absolute Gasteiger partial charge is 0.330 e. The number of nitrogens with one attached hydrogen (secondary N) is 1. The molecule has 0 bridgehead atoms. The van der Waals surface area contributed by atoms with Crippen LogP contribution in [0.3, 0.4) is 0 Å². The average molecular weight is 379 g/mol. The molecule has 0 saturated carbocycles. The van der Waals surface area contributed by atoms with Gasteiger partial charge in [0.2, 0.25) is 0 Å². The molecule has 5 heteroatoms. The van der Waals surface area contributed by atoms with E-state index in [-0.39, 0.29) is 17.4 Å². The summed E-state index contributed by atoms with van der Waals surface area (Å²) in [5, 5.41) is 3.89. The first-order chi connectivity index (χ1) is 12.2. The van der Waals surface area contributed by atoms with Gasteiger partial charge in [0.1, 0.15) is 11.0 Å². The zero-order chi connectivity index (χ0) is 19.7. The Kier molecular flexibility index (Phi) is 8.86. The second kappa shape index (κ2) is 10.4. The third-order valence-electron chi connectivity index (χ3n) is 4.09. The number of nitrogens with zero attached hydrogens (tertiary/aromatic N) is 1. The molecule has 0 saturated heterocycles. The number of carbonyl (C=O) groups excluding carboxylic acids is 1. The summed E-state index contributed by atoms with van der Waals surface area (Å²) in [6, 6.07) is -0.213. The van der Waals surface area contributed by atoms with E-state index in [1.54, 1.807) is 13.0 Å². The molecule has 0 aromatic rings. The lowest BCUT2D eigenvalue weighted by atomic mass is 9.86. The minimum atomic E-state index is -0.358. The van der Waals surface area contributed by atoms with E-state index >= 15 is 0 Å². The van der Waals surface area contributed by atoms with E-state index in [4.69, 9.17) is 21.3 Å². The second-order valence-electron chi connectivity index (χ2n) is 7.22. The highest BCUT2D eigenvalue weighted by molar-refractivity contribution is 6.31. The molecule has 0 spiro atoms. The van der Waals surface area contributed by atoms with Crippen LogP contribution in [0.15, 0.2) is 52.2 Å². The van der Waals surface area contributed by atoms with Crippen molar-refractivity contribution in [2.75, 3.05) is 6.61 Å². The number of carbonyl (C=O) groups is 1. The van der Waals surface area contributed by atoms with Crippen molar-refractivity contribution in [3.8, 4) is 0 Å². The van der Waals surface area contributed by atoms with Crippen molar-refractivity contribution in [2.24, 2.45) is 10.4 Å². The Morgan fingerprint density at radius 3 is 2.69 bits per heavy atom. The lowest BCUT2D eigenvalue weighted by Crippen LogP contribution is -2.29. The van der Waals surface area contributed by atoms with Crippen LogP contribution < -0.4 is 5.32 Å². The molecule has 0 radical (unpaired) electrons. The van der Waals surface area contributed by atoms with Gasteiger partial charge >= 0.3 is 5.97 Å². The molecule has 1 atom stereocenters. The van der Waals surface area contributed by atoms with Gasteiger partial charge < -0.3 is 10.1 Å². The van der Waals surface area contributed by atoms with E-state index in [0.29, 0.717) is 18.2 Å². The van der Waals surface area contributed by atoms with Crippen LogP contribution in [-0.4, -0.2) is 24.5 Å². The molecule has 144 valence electrons. The van der Waals surface area contributed by atoms with E-state index in [1.165, 1.54) is 6.08 Å². The van der Waals surface area contributed by atoms with Gasteiger partial charge in [-0.15, -0.1) is 6.58 Å². The summed E-state index contributed by atoms with van der Waals surface area (Å²) in [6.07, 6.45) is 9.62. The van der Waals surface area contributed by atoms with Gasteiger partial charge in [0.15, 0.2) is 0 Å². The van der Waals surface area contributed by atoms with Gasteiger partial charge in [0.25, 0.3) is 0 Å². The Balaban J connectivity index is 3.26. The molecule has 1 rings (SSSR count). The summed E-state index contributed by atoms with van der Waals surface area (Å²) >= 11 is 6.45. The van der Waals surface area contributed by atoms with E-state index in [1.807, 2.05) is 6.08 Å². The molecule has 1 N–H and O–H groups in total. The molecule has 4 nitrogen and oxygen atoms in total. The molecule has 0 aliphatic carbocycles. The number of hydrogen-bond donors (Lipinski definition) is 1. The molecule has 1 aliphatic heterocycles. The average Bonchev–Trinajstić information content (AvgIpc) is 2.70. The number of hydrogen-bond acceptors (Lipinski definition) is 3. The van der Waals surface area contributed by atoms with Crippen LogP contribution in [-0.2, 0) is 9.53 Å². The predicted octanol–water partition coefficient (Wildman–Crippen LogP) is 5.28. The van der Waals surface area contributed by atoms with Gasteiger partial charge in [-0.25, -0.2) is 4.79 Å². The van der Waals surface area contributed by atoms with Crippen LogP contribution in [0, 0.1) is 5.41 Å². The van der Waals surface area contributed by atoms with E-state index in [0.717, 1.165) is 29.8 Å². The van der Waals surface area contributed by atoms with Gasteiger partial charge in [-0.1, -0.05) is 57.5 Å². The van der Waals surface area contributed by atoms with Crippen molar-refractivity contribution in [3.63, 3.8) is 0 Å². The fourth-order valence-corrected chi connectivity index (χ4v) is 2.78. The summed E-state index contributed by atoms with van der Waals surface area (Å²) in [4.78, 5) is 16.6. The van der Waals surface area contributed by atoms with Gasteiger partial charge in [0.05, 0.1) is 12.6 Å². The van der Waals surface area contributed by atoms with Crippen LogP contribution in [0.2, 0.25) is 0 Å². The molecule has 26 heavy (non-hydrogen) atoms. The minimum absolute atomic E-state index is 0.174. The number of amidine groups is 1. The Labute approximate surface area is 162 Å². The fraction of sp³-hybridized carbons (Fsp3) is 0.524. The Bertz CT molecular complexity index is 637. The van der Waals surface area contributed by atoms with Crippen molar-refractivity contribution in [1.29, 1.82) is 0 Å². The first-order valence-corrected chi connectivity index (χ1v) is 9.48. The summed E-state index contributed by atoms with van der Waals surface area (Å²) in [5.74, 6) is 0.371. The van der Waals surface area contributed by atoms with E-state index < -0.39 is 0 Å². The van der Waals surface area contributed by atoms with E-state index in [9.17, 15) is 4.79 Å². The minimum Gasteiger partial charge on any atom is -0.463 e. The lowest BCUT2D eigenvalue weighted by molar-refractivity contribution is -0.137. The fourth-order valence-electron chi connectivity index (χ4n) is 2.48. The van der Waals surface area contributed by atoms with Gasteiger partial charge in [-0.3, -0.25) is 4.99 Å². The zero-order valence-electron chi connectivity index (χ0n) is 16.6. The third kappa shape index (κ3) is 6.83. The lowest BCUT2D eigenvalue weighted by Gasteiger charge is -2.26. The van der Waals surface area contributed by atoms with Crippen LogP contribution in [0.5, 0.6) is 0 Å². The molecule has 1 aliphatic rings. The number of ether oxygens (including phenoxy) is 1. The normalized spacial score (nSPS) is 18.4. The van der Waals surface area contributed by atoms with Crippen molar-refractivity contribution in [1.82, 2.24) is 5.32 Å². The Morgan fingerprint density at radius 2 is 2.15 bits per heavy atom. The highest BCUT2D eigenvalue weighted by atomic mass is 35.5. The van der Waals surface area contributed by atoms with Crippen molar-refractivity contribution in [2.45, 2.75) is 59.9 Å². The van der Waals surface area contributed by atoms with Gasteiger partial charge in [-0.2, -0.15) is 0 Å². The highest BCUT2D eigenvalue weighted by Gasteiger charge is 2.24. The van der Waals surface area contributed by atoms with Gasteiger partial charge in [0, 0.05) is 6.08 Å². The summed E-state index contributed by atoms with van der Waals surface area (Å²) in [7, 11) is 0. The Morgan fingerprint density at radius 1 is 1.46 bits per heavy atom. The molecular weight excluding hydrogens is 348 g/mol. The van der Waals surface area contributed by atoms with Crippen LogP contribution in [0.1, 0.15) is 53.9 Å². The SMILES string of the molecule is C=CCC1=CCC(CC)=C(Cl)NC1=NC(C=CC(=O)OCC)C(C)(C)C. The number of aliphatic imine (C=N–C) groups is 1. The van der Waals surface area contributed by atoms with Crippen molar-refractivity contribution < 1.29 is 9.53 Å². The number of halogens is 1. The van der Waals surface area contributed by atoms with E-state index in [2.05, 4.69) is 45.7 Å². The zero-order valence-corrected chi connectivity index (χ0v) is 17.3. The maximum Gasteiger partial charge on any atom is 0.330 e. The first kappa shape index (κ1) is 22.2. The molecule has 0 fully saturated rings. The molecule has 1 unspecified atom stereocenters. The number of esters is 1. The summed E-state index contributed by atoms with van der Waals surface area (Å²) < 4.78 is 4.98. The van der Waals surface area contributed by atoms with Crippen LogP contribution in [0.25, 0.3) is 0 Å². The van der Waals surface area contributed by atoms with Crippen molar-refractivity contribution >= 4 is 23.4 Å². The van der Waals surface area contributed by atoms with Gasteiger partial charge in [-0.05, 0) is 42.7 Å². The maximum atomic E-state index is 11.7. The largest absolute Gasteiger partial charge is 0.463 e. The Hall–Kier alpha value is -1.81. The third-order valence-corrected chi connectivity index (χ3v) is 4.45. The predicted molar refractivity (Wildman–Crippen MR) is 110 cm³/mol. The number of rotatable bonds is 7. The highest BCUT2D eigenvalue weighted by Crippen LogP contribution is 2.27. The number of allylic oxidation sites excluding steroid dienone is 3. The molecule has 1 heterocycles. The quantitative estimate of drug-likeness (QED) is 0.284. The molecule has 0 aromatic carbocycles. The second-order valence-corrected chi connectivity index (χ2v) is 7.60. The van der Waals surface area contributed by atoms with Crippen molar-refractivity contribution in [3.05, 3.63) is 47.2 Å².